The standard InChI is InChI=1S/C22H19N3/c1-15-6-3-4-8-17-10-11-18(13-19(17)12-15)20-14-23-25-22(20)21-9-5-7-16(2)24-21/h3-14H,1-2H3,(H,23,25)/b4-3+,6-3?,8-4?,15-6-,15-12?,17-8+,19-12-. The SMILES string of the molecule is CC1=C/C=C/C=c2\ccc(-c3c[nH]nc3-c3cccc(C)n3)c\c2=C\1. The van der Waals surface area contributed by atoms with Gasteiger partial charge in [0.25, 0.3) is 0 Å². The summed E-state index contributed by atoms with van der Waals surface area (Å²) < 4.78 is 0. The number of aromatic nitrogens is 3. The summed E-state index contributed by atoms with van der Waals surface area (Å²) in [7, 11) is 0. The quantitative estimate of drug-likeness (QED) is 0.783. The van der Waals surface area contributed by atoms with E-state index in [4.69, 9.17) is 0 Å². The highest BCUT2D eigenvalue weighted by Crippen LogP contribution is 2.27. The lowest BCUT2D eigenvalue weighted by molar-refractivity contribution is 1.08. The van der Waals surface area contributed by atoms with E-state index in [1.807, 2.05) is 31.3 Å². The third-order valence-corrected chi connectivity index (χ3v) is 4.30. The Bertz CT molecular complexity index is 1110. The smallest absolute Gasteiger partial charge is 0.118 e. The molecule has 0 fully saturated rings. The van der Waals surface area contributed by atoms with Gasteiger partial charge in [0.1, 0.15) is 5.69 Å². The van der Waals surface area contributed by atoms with Gasteiger partial charge >= 0.3 is 0 Å². The van der Waals surface area contributed by atoms with Gasteiger partial charge in [0.15, 0.2) is 0 Å². The fourth-order valence-corrected chi connectivity index (χ4v) is 3.06. The Hall–Kier alpha value is -3.20. The Morgan fingerprint density at radius 2 is 1.80 bits per heavy atom. The highest BCUT2D eigenvalue weighted by atomic mass is 15.1. The third kappa shape index (κ3) is 3.09. The second-order valence-corrected chi connectivity index (χ2v) is 6.26. The van der Waals surface area contributed by atoms with E-state index < -0.39 is 0 Å². The summed E-state index contributed by atoms with van der Waals surface area (Å²) in [6.45, 7) is 4.11. The number of aryl methyl sites for hydroxylation is 1. The molecule has 0 unspecified atom stereocenters. The largest absolute Gasteiger partial charge is 0.284 e. The molecule has 3 aromatic rings. The van der Waals surface area contributed by atoms with Crippen molar-refractivity contribution < 1.29 is 0 Å². The molecule has 0 atom stereocenters. The van der Waals surface area contributed by atoms with Crippen molar-refractivity contribution in [2.75, 3.05) is 0 Å². The molecule has 2 aromatic heterocycles. The normalized spacial score (nSPS) is 19.2. The zero-order valence-electron chi connectivity index (χ0n) is 14.3. The maximum atomic E-state index is 4.61. The number of benzene rings is 1. The van der Waals surface area contributed by atoms with Crippen LogP contribution < -0.4 is 10.4 Å². The summed E-state index contributed by atoms with van der Waals surface area (Å²) in [4.78, 5) is 4.61. The average molecular weight is 325 g/mol. The summed E-state index contributed by atoms with van der Waals surface area (Å²) in [5.41, 5.74) is 6.18. The Balaban J connectivity index is 1.89. The van der Waals surface area contributed by atoms with Crippen LogP contribution in [0.5, 0.6) is 0 Å². The molecule has 1 aliphatic carbocycles. The molecule has 4 rings (SSSR count). The highest BCUT2D eigenvalue weighted by Gasteiger charge is 2.12. The molecule has 3 nitrogen and oxygen atoms in total. The Kier molecular flexibility index (Phi) is 3.90. The van der Waals surface area contributed by atoms with Gasteiger partial charge in [-0.1, -0.05) is 54.2 Å². The van der Waals surface area contributed by atoms with Crippen LogP contribution in [0.2, 0.25) is 0 Å². The number of pyridine rings is 1. The molecule has 122 valence electrons. The molecule has 0 bridgehead atoms. The van der Waals surface area contributed by atoms with E-state index in [9.17, 15) is 0 Å². The summed E-state index contributed by atoms with van der Waals surface area (Å²) in [5.74, 6) is 0. The van der Waals surface area contributed by atoms with Crippen LogP contribution >= 0.6 is 0 Å². The summed E-state index contributed by atoms with van der Waals surface area (Å²) in [5, 5.41) is 9.85. The molecular weight excluding hydrogens is 306 g/mol. The zero-order chi connectivity index (χ0) is 17.2. The van der Waals surface area contributed by atoms with Crippen molar-refractivity contribution >= 4 is 12.2 Å². The van der Waals surface area contributed by atoms with Crippen molar-refractivity contribution in [2.45, 2.75) is 13.8 Å². The minimum absolute atomic E-state index is 0.880. The lowest BCUT2D eigenvalue weighted by Gasteiger charge is -2.05. The molecule has 3 heteroatoms. The molecule has 0 spiro atoms. The molecule has 0 aliphatic heterocycles. The van der Waals surface area contributed by atoms with Crippen molar-refractivity contribution in [3.05, 3.63) is 82.5 Å². The Morgan fingerprint density at radius 1 is 0.920 bits per heavy atom. The number of hydrogen-bond acceptors (Lipinski definition) is 2. The number of fused-ring (bicyclic) bond motifs is 1. The van der Waals surface area contributed by atoms with Crippen molar-refractivity contribution in [1.82, 2.24) is 15.2 Å². The monoisotopic (exact) mass is 325 g/mol. The first-order valence-corrected chi connectivity index (χ1v) is 8.36. The molecule has 0 saturated carbocycles. The second-order valence-electron chi connectivity index (χ2n) is 6.26. The van der Waals surface area contributed by atoms with Gasteiger partial charge in [-0.05, 0) is 48.0 Å². The van der Waals surface area contributed by atoms with Crippen LogP contribution in [-0.4, -0.2) is 15.2 Å². The van der Waals surface area contributed by atoms with Gasteiger partial charge in [0, 0.05) is 17.5 Å². The first kappa shape index (κ1) is 15.3. The number of aromatic amines is 1. The lowest BCUT2D eigenvalue weighted by Crippen LogP contribution is -2.24. The van der Waals surface area contributed by atoms with Gasteiger partial charge < -0.3 is 0 Å². The molecule has 0 amide bonds. The van der Waals surface area contributed by atoms with Crippen molar-refractivity contribution in [3.63, 3.8) is 0 Å². The van der Waals surface area contributed by atoms with E-state index in [0.717, 1.165) is 28.2 Å². The fraction of sp³-hybridized carbons (Fsp3) is 0.0909. The van der Waals surface area contributed by atoms with Crippen molar-refractivity contribution in [3.8, 4) is 22.5 Å². The van der Waals surface area contributed by atoms with Gasteiger partial charge in [-0.25, -0.2) is 0 Å². The number of nitrogens with one attached hydrogen (secondary N) is 1. The molecular formula is C22H19N3. The van der Waals surface area contributed by atoms with Crippen LogP contribution in [0.4, 0.5) is 0 Å². The second kappa shape index (κ2) is 6.36. The third-order valence-electron chi connectivity index (χ3n) is 4.30. The summed E-state index contributed by atoms with van der Waals surface area (Å²) >= 11 is 0. The van der Waals surface area contributed by atoms with E-state index in [2.05, 4.69) is 70.7 Å². The van der Waals surface area contributed by atoms with Gasteiger partial charge in [-0.3, -0.25) is 10.1 Å². The average Bonchev–Trinajstić information content (AvgIpc) is 3.07. The van der Waals surface area contributed by atoms with Gasteiger partial charge in [-0.15, -0.1) is 0 Å². The summed E-state index contributed by atoms with van der Waals surface area (Å²) in [6.07, 6.45) is 12.6. The minimum atomic E-state index is 0.880. The van der Waals surface area contributed by atoms with Crippen molar-refractivity contribution in [1.29, 1.82) is 0 Å². The first-order chi connectivity index (χ1) is 12.2. The minimum Gasteiger partial charge on any atom is -0.284 e. The van der Waals surface area contributed by atoms with E-state index >= 15 is 0 Å². The maximum Gasteiger partial charge on any atom is 0.118 e. The van der Waals surface area contributed by atoms with E-state index in [1.165, 1.54) is 16.0 Å². The van der Waals surface area contributed by atoms with Gasteiger partial charge in [0.2, 0.25) is 0 Å². The maximum absolute atomic E-state index is 4.61. The first-order valence-electron chi connectivity index (χ1n) is 8.36. The summed E-state index contributed by atoms with van der Waals surface area (Å²) in [6, 6.07) is 12.5. The molecule has 1 aromatic carbocycles. The van der Waals surface area contributed by atoms with Crippen LogP contribution in [0, 0.1) is 6.92 Å². The number of nitrogens with zero attached hydrogens (tertiary/aromatic N) is 2. The number of allylic oxidation sites excluding steroid dienone is 4. The van der Waals surface area contributed by atoms with Gasteiger partial charge in [-0.2, -0.15) is 5.10 Å². The molecule has 0 radical (unpaired) electrons. The molecule has 1 aliphatic rings. The molecule has 1 N–H and O–H groups in total. The highest BCUT2D eigenvalue weighted by molar-refractivity contribution is 5.79. The number of hydrogen-bond donors (Lipinski definition) is 1. The van der Waals surface area contributed by atoms with Crippen LogP contribution in [0.25, 0.3) is 34.7 Å². The predicted octanol–water partition coefficient (Wildman–Crippen LogP) is 3.52. The lowest BCUT2D eigenvalue weighted by atomic mass is 10.0. The topological polar surface area (TPSA) is 41.6 Å². The predicted molar refractivity (Wildman–Crippen MR) is 103 cm³/mol. The van der Waals surface area contributed by atoms with Crippen molar-refractivity contribution in [2.24, 2.45) is 0 Å². The van der Waals surface area contributed by atoms with E-state index in [0.29, 0.717) is 0 Å². The Morgan fingerprint density at radius 3 is 2.68 bits per heavy atom. The van der Waals surface area contributed by atoms with Crippen LogP contribution in [0.15, 0.2) is 66.4 Å². The molecule has 2 heterocycles. The Labute approximate surface area is 146 Å². The molecule has 0 saturated heterocycles. The number of H-pyrrole nitrogens is 1. The number of rotatable bonds is 2. The zero-order valence-corrected chi connectivity index (χ0v) is 14.3. The fourth-order valence-electron chi connectivity index (χ4n) is 3.06. The van der Waals surface area contributed by atoms with Gasteiger partial charge in [0.05, 0.1) is 5.69 Å². The molecule has 25 heavy (non-hydrogen) atoms. The van der Waals surface area contributed by atoms with Crippen LogP contribution in [0.3, 0.4) is 0 Å². The van der Waals surface area contributed by atoms with Crippen LogP contribution in [-0.2, 0) is 0 Å². The van der Waals surface area contributed by atoms with E-state index in [-0.39, 0.29) is 0 Å². The van der Waals surface area contributed by atoms with E-state index in [1.54, 1.807) is 0 Å². The van der Waals surface area contributed by atoms with Crippen LogP contribution in [0.1, 0.15) is 12.6 Å².